The largest absolute Gasteiger partial charge is 0.294 e. The van der Waals surface area contributed by atoms with Crippen LogP contribution in [0.25, 0.3) is 0 Å². The van der Waals surface area contributed by atoms with Crippen LogP contribution in [0.4, 0.5) is 0 Å². The fourth-order valence-electron chi connectivity index (χ4n) is 2.70. The average Bonchev–Trinajstić information content (AvgIpc) is 2.19. The van der Waals surface area contributed by atoms with Gasteiger partial charge in [0.1, 0.15) is 0 Å². The van der Waals surface area contributed by atoms with Gasteiger partial charge < -0.3 is 0 Å². The molecule has 0 unspecified atom stereocenters. The monoisotopic (exact) mass is 204 g/mol. The zero-order chi connectivity index (χ0) is 11.1. The summed E-state index contributed by atoms with van der Waals surface area (Å²) in [6.45, 7) is 6.50. The Morgan fingerprint density at radius 3 is 2.80 bits per heavy atom. The Labute approximate surface area is 92.3 Å². The van der Waals surface area contributed by atoms with Crippen LogP contribution in [-0.4, -0.2) is 5.78 Å². The first-order valence-electron chi connectivity index (χ1n) is 5.94. The molecule has 0 saturated heterocycles. The van der Waals surface area contributed by atoms with Gasteiger partial charge >= 0.3 is 0 Å². The molecule has 1 heteroatoms. The lowest BCUT2D eigenvalue weighted by molar-refractivity contribution is -0.127. The normalized spacial score (nSPS) is 35.3. The molecule has 2 aliphatic rings. The molecule has 0 aliphatic heterocycles. The average molecular weight is 204 g/mol. The highest BCUT2D eigenvalue weighted by Gasteiger charge is 2.43. The molecule has 0 aromatic carbocycles. The Bertz CT molecular complexity index is 335. The third-order valence-corrected chi connectivity index (χ3v) is 4.13. The number of allylic oxidation sites excluding steroid dienone is 4. The van der Waals surface area contributed by atoms with Crippen molar-refractivity contribution in [3.05, 3.63) is 23.8 Å². The molecule has 2 aliphatic carbocycles. The van der Waals surface area contributed by atoms with Crippen molar-refractivity contribution in [3.63, 3.8) is 0 Å². The summed E-state index contributed by atoms with van der Waals surface area (Å²) in [5.74, 6) is 1.41. The topological polar surface area (TPSA) is 17.1 Å². The highest BCUT2D eigenvalue weighted by atomic mass is 16.1. The van der Waals surface area contributed by atoms with Crippen molar-refractivity contribution in [1.29, 1.82) is 0 Å². The molecule has 2 atom stereocenters. The van der Waals surface area contributed by atoms with E-state index in [2.05, 4.69) is 32.9 Å². The Hall–Kier alpha value is -0.850. The van der Waals surface area contributed by atoms with Gasteiger partial charge in [0.05, 0.1) is 0 Å². The van der Waals surface area contributed by atoms with Crippen LogP contribution in [-0.2, 0) is 4.79 Å². The van der Waals surface area contributed by atoms with Gasteiger partial charge in [-0.1, -0.05) is 38.5 Å². The number of hydrogen-bond acceptors (Lipinski definition) is 1. The van der Waals surface area contributed by atoms with Crippen molar-refractivity contribution < 1.29 is 4.79 Å². The van der Waals surface area contributed by atoms with E-state index in [4.69, 9.17) is 0 Å². The summed E-state index contributed by atoms with van der Waals surface area (Å²) >= 11 is 0. The van der Waals surface area contributed by atoms with E-state index >= 15 is 0 Å². The van der Waals surface area contributed by atoms with Gasteiger partial charge in [0.15, 0.2) is 5.78 Å². The molecule has 2 rings (SSSR count). The van der Waals surface area contributed by atoms with Crippen molar-refractivity contribution in [2.45, 2.75) is 40.0 Å². The van der Waals surface area contributed by atoms with Gasteiger partial charge in [0, 0.05) is 5.41 Å². The number of carbonyl (C=O) groups excluding carboxylic acids is 1. The molecule has 0 radical (unpaired) electrons. The summed E-state index contributed by atoms with van der Waals surface area (Å²) < 4.78 is 0. The Kier molecular flexibility index (Phi) is 2.57. The van der Waals surface area contributed by atoms with Crippen LogP contribution in [0.5, 0.6) is 0 Å². The second kappa shape index (κ2) is 3.62. The zero-order valence-corrected chi connectivity index (χ0v) is 9.92. The molecule has 0 spiro atoms. The molecule has 0 fully saturated rings. The molecule has 0 saturated carbocycles. The van der Waals surface area contributed by atoms with E-state index in [9.17, 15) is 4.79 Å². The molecule has 0 N–H and O–H groups in total. The van der Waals surface area contributed by atoms with Crippen molar-refractivity contribution in [2.24, 2.45) is 17.3 Å². The maximum absolute atomic E-state index is 12.2. The fourth-order valence-corrected chi connectivity index (χ4v) is 2.70. The molecule has 15 heavy (non-hydrogen) atoms. The number of ketones is 1. The lowest BCUT2D eigenvalue weighted by Gasteiger charge is -2.41. The fraction of sp³-hybridized carbons (Fsp3) is 0.643. The molecule has 0 aromatic rings. The van der Waals surface area contributed by atoms with Gasteiger partial charge in [-0.05, 0) is 37.2 Å². The first-order valence-corrected chi connectivity index (χ1v) is 5.94. The molecule has 0 amide bonds. The van der Waals surface area contributed by atoms with E-state index in [1.54, 1.807) is 0 Å². The summed E-state index contributed by atoms with van der Waals surface area (Å²) in [7, 11) is 0. The van der Waals surface area contributed by atoms with Gasteiger partial charge in [0.25, 0.3) is 0 Å². The second-order valence-corrected chi connectivity index (χ2v) is 5.47. The summed E-state index contributed by atoms with van der Waals surface area (Å²) in [6, 6.07) is 0. The van der Waals surface area contributed by atoms with E-state index in [0.717, 1.165) is 19.3 Å². The smallest absolute Gasteiger partial charge is 0.162 e. The summed E-state index contributed by atoms with van der Waals surface area (Å²) in [4.78, 5) is 12.2. The number of carbonyl (C=O) groups is 1. The Balaban J connectivity index is 2.32. The molecule has 0 bridgehead atoms. The minimum Gasteiger partial charge on any atom is -0.294 e. The van der Waals surface area contributed by atoms with Crippen LogP contribution in [0, 0.1) is 17.3 Å². The van der Waals surface area contributed by atoms with E-state index in [1.807, 2.05) is 6.08 Å². The van der Waals surface area contributed by atoms with Crippen LogP contribution in [0.2, 0.25) is 0 Å². The quantitative estimate of drug-likeness (QED) is 0.597. The molecule has 0 heterocycles. The van der Waals surface area contributed by atoms with E-state index in [1.165, 1.54) is 5.57 Å². The van der Waals surface area contributed by atoms with Crippen molar-refractivity contribution >= 4 is 5.78 Å². The number of hydrogen-bond donors (Lipinski definition) is 0. The van der Waals surface area contributed by atoms with Gasteiger partial charge in [0.2, 0.25) is 0 Å². The third kappa shape index (κ3) is 1.68. The van der Waals surface area contributed by atoms with Crippen molar-refractivity contribution in [3.8, 4) is 0 Å². The molecule has 82 valence electrons. The highest BCUT2D eigenvalue weighted by Crippen LogP contribution is 2.46. The van der Waals surface area contributed by atoms with Gasteiger partial charge in [-0.15, -0.1) is 0 Å². The zero-order valence-electron chi connectivity index (χ0n) is 9.92. The number of fused-ring (bicyclic) bond motifs is 1. The lowest BCUT2D eigenvalue weighted by Crippen LogP contribution is -2.39. The third-order valence-electron chi connectivity index (χ3n) is 4.13. The minimum atomic E-state index is -0.104. The van der Waals surface area contributed by atoms with Crippen molar-refractivity contribution in [2.75, 3.05) is 0 Å². The standard InChI is InChI=1S/C14H20O/c1-10(2)11-8-12-6-4-5-7-14(12,3)13(15)9-11/h4-5,9-10,12H,6-8H2,1-3H3/t12-,14-/m1/s1. The molecule has 1 nitrogen and oxygen atoms in total. The van der Waals surface area contributed by atoms with Gasteiger partial charge in [-0.2, -0.15) is 0 Å². The Morgan fingerprint density at radius 1 is 1.40 bits per heavy atom. The van der Waals surface area contributed by atoms with Crippen LogP contribution >= 0.6 is 0 Å². The van der Waals surface area contributed by atoms with Gasteiger partial charge in [-0.3, -0.25) is 4.79 Å². The summed E-state index contributed by atoms with van der Waals surface area (Å²) in [5, 5.41) is 0. The van der Waals surface area contributed by atoms with E-state index in [0.29, 0.717) is 17.6 Å². The second-order valence-electron chi connectivity index (χ2n) is 5.47. The van der Waals surface area contributed by atoms with E-state index < -0.39 is 0 Å². The molecular weight excluding hydrogens is 184 g/mol. The van der Waals surface area contributed by atoms with Crippen LogP contribution in [0.3, 0.4) is 0 Å². The van der Waals surface area contributed by atoms with Crippen LogP contribution in [0.15, 0.2) is 23.8 Å². The van der Waals surface area contributed by atoms with E-state index in [-0.39, 0.29) is 5.41 Å². The Morgan fingerprint density at radius 2 is 2.13 bits per heavy atom. The summed E-state index contributed by atoms with van der Waals surface area (Å²) in [5.41, 5.74) is 1.24. The van der Waals surface area contributed by atoms with Crippen LogP contribution in [0.1, 0.15) is 40.0 Å². The lowest BCUT2D eigenvalue weighted by atomic mass is 9.61. The first-order chi connectivity index (χ1) is 7.04. The summed E-state index contributed by atoms with van der Waals surface area (Å²) in [6.07, 6.45) is 9.45. The minimum absolute atomic E-state index is 0.104. The molecular formula is C14H20O. The predicted molar refractivity (Wildman–Crippen MR) is 62.5 cm³/mol. The van der Waals surface area contributed by atoms with Crippen molar-refractivity contribution in [1.82, 2.24) is 0 Å². The maximum Gasteiger partial charge on any atom is 0.162 e. The highest BCUT2D eigenvalue weighted by molar-refractivity contribution is 5.96. The predicted octanol–water partition coefficient (Wildman–Crippen LogP) is 3.51. The molecule has 0 aromatic heterocycles. The number of rotatable bonds is 1. The van der Waals surface area contributed by atoms with Gasteiger partial charge in [-0.25, -0.2) is 0 Å². The first kappa shape index (κ1) is 10.7. The SMILES string of the molecule is CC(C)C1=CC(=O)[C@]2(C)CC=CC[C@@H]2C1. The van der Waals surface area contributed by atoms with Crippen LogP contribution < -0.4 is 0 Å². The maximum atomic E-state index is 12.2.